The van der Waals surface area contributed by atoms with Crippen LogP contribution in [0.4, 0.5) is 0 Å². The van der Waals surface area contributed by atoms with Gasteiger partial charge in [-0.2, -0.15) is 0 Å². The number of rotatable bonds is 6. The van der Waals surface area contributed by atoms with Gasteiger partial charge in [0.05, 0.1) is 13.2 Å². The van der Waals surface area contributed by atoms with E-state index in [4.69, 9.17) is 9.94 Å². The third-order valence-corrected chi connectivity index (χ3v) is 3.40. The minimum Gasteiger partial charge on any atom is -0.410 e. The van der Waals surface area contributed by atoms with Crippen LogP contribution in [-0.2, 0) is 9.53 Å². The Labute approximate surface area is 124 Å². The van der Waals surface area contributed by atoms with Gasteiger partial charge in [-0.15, -0.1) is 0 Å². The van der Waals surface area contributed by atoms with Crippen LogP contribution in [0.3, 0.4) is 0 Å². The second-order valence-corrected chi connectivity index (χ2v) is 4.88. The van der Waals surface area contributed by atoms with Gasteiger partial charge in [-0.25, -0.2) is 0 Å². The largest absolute Gasteiger partial charge is 0.410 e. The summed E-state index contributed by atoms with van der Waals surface area (Å²) in [5, 5.41) is 14.9. The van der Waals surface area contributed by atoms with Crippen molar-refractivity contribution in [1.82, 2.24) is 10.2 Å². The summed E-state index contributed by atoms with van der Waals surface area (Å²) in [7, 11) is 0. The molecule has 1 amide bonds. The Bertz CT molecular complexity index is 470. The van der Waals surface area contributed by atoms with Crippen molar-refractivity contribution in [2.45, 2.75) is 6.42 Å². The normalized spacial score (nSPS) is 16.7. The standard InChI is InChI=1S/C15H21N3O3/c19-15(14(17-20)13-5-2-1-3-6-13)16-7-4-8-18-9-11-21-12-10-18/h1-3,5-6,20H,4,7-12H2,(H,16,19)/b17-14-. The highest BCUT2D eigenvalue weighted by atomic mass is 16.5. The lowest BCUT2D eigenvalue weighted by atomic mass is 10.1. The highest BCUT2D eigenvalue weighted by molar-refractivity contribution is 6.45. The monoisotopic (exact) mass is 291 g/mol. The van der Waals surface area contributed by atoms with Gasteiger partial charge in [0.1, 0.15) is 0 Å². The molecule has 0 unspecified atom stereocenters. The molecule has 6 heteroatoms. The zero-order valence-corrected chi connectivity index (χ0v) is 12.0. The molecular weight excluding hydrogens is 270 g/mol. The van der Waals surface area contributed by atoms with E-state index in [2.05, 4.69) is 15.4 Å². The number of hydrogen-bond donors (Lipinski definition) is 2. The molecule has 1 aliphatic heterocycles. The Morgan fingerprint density at radius 2 is 2.00 bits per heavy atom. The number of nitrogens with one attached hydrogen (secondary N) is 1. The van der Waals surface area contributed by atoms with Crippen LogP contribution >= 0.6 is 0 Å². The summed E-state index contributed by atoms with van der Waals surface area (Å²) in [6, 6.07) is 8.92. The number of carbonyl (C=O) groups excluding carboxylic acids is 1. The zero-order chi connectivity index (χ0) is 14.9. The second-order valence-electron chi connectivity index (χ2n) is 4.88. The molecule has 0 atom stereocenters. The second kappa shape index (κ2) is 8.39. The first kappa shape index (κ1) is 15.5. The number of ether oxygens (including phenoxy) is 1. The summed E-state index contributed by atoms with van der Waals surface area (Å²) >= 11 is 0. The number of amides is 1. The lowest BCUT2D eigenvalue weighted by Crippen LogP contribution is -2.39. The zero-order valence-electron chi connectivity index (χ0n) is 12.0. The average molecular weight is 291 g/mol. The Morgan fingerprint density at radius 1 is 1.29 bits per heavy atom. The first-order chi connectivity index (χ1) is 10.3. The van der Waals surface area contributed by atoms with E-state index in [9.17, 15) is 4.79 Å². The third kappa shape index (κ3) is 4.84. The van der Waals surface area contributed by atoms with Crippen molar-refractivity contribution in [2.24, 2.45) is 5.16 Å². The molecule has 2 rings (SSSR count). The number of nitrogens with zero attached hydrogens (tertiary/aromatic N) is 2. The quantitative estimate of drug-likeness (QED) is 0.350. The summed E-state index contributed by atoms with van der Waals surface area (Å²) in [6.07, 6.45) is 0.860. The van der Waals surface area contributed by atoms with Gasteiger partial charge >= 0.3 is 0 Å². The third-order valence-electron chi connectivity index (χ3n) is 3.40. The summed E-state index contributed by atoms with van der Waals surface area (Å²) in [4.78, 5) is 14.3. The van der Waals surface area contributed by atoms with E-state index >= 15 is 0 Å². The Morgan fingerprint density at radius 3 is 2.67 bits per heavy atom. The van der Waals surface area contributed by atoms with Crippen LogP contribution in [-0.4, -0.2) is 61.1 Å². The first-order valence-corrected chi connectivity index (χ1v) is 7.17. The van der Waals surface area contributed by atoms with E-state index in [1.165, 1.54) is 0 Å². The molecule has 0 spiro atoms. The molecule has 0 aromatic heterocycles. The van der Waals surface area contributed by atoms with Crippen LogP contribution in [0, 0.1) is 0 Å². The van der Waals surface area contributed by atoms with Crippen molar-refractivity contribution in [2.75, 3.05) is 39.4 Å². The number of carbonyl (C=O) groups is 1. The molecule has 1 aliphatic rings. The predicted octanol–water partition coefficient (Wildman–Crippen LogP) is 0.703. The number of benzene rings is 1. The maximum absolute atomic E-state index is 12.0. The summed E-state index contributed by atoms with van der Waals surface area (Å²) in [5.74, 6) is -0.356. The van der Waals surface area contributed by atoms with Crippen LogP contribution in [0.5, 0.6) is 0 Å². The Kier molecular flexibility index (Phi) is 6.18. The van der Waals surface area contributed by atoms with Crippen LogP contribution in [0.1, 0.15) is 12.0 Å². The summed E-state index contributed by atoms with van der Waals surface area (Å²) < 4.78 is 5.28. The maximum Gasteiger partial charge on any atom is 0.273 e. The number of oxime groups is 1. The molecule has 0 saturated carbocycles. The van der Waals surface area contributed by atoms with Gasteiger partial charge in [-0.3, -0.25) is 9.69 Å². The first-order valence-electron chi connectivity index (χ1n) is 7.17. The van der Waals surface area contributed by atoms with E-state index in [-0.39, 0.29) is 11.6 Å². The molecular formula is C15H21N3O3. The van der Waals surface area contributed by atoms with Crippen molar-refractivity contribution in [1.29, 1.82) is 0 Å². The molecule has 1 heterocycles. The van der Waals surface area contributed by atoms with Crippen LogP contribution < -0.4 is 5.32 Å². The van der Waals surface area contributed by atoms with Crippen LogP contribution in [0.15, 0.2) is 35.5 Å². The molecule has 2 N–H and O–H groups in total. The van der Waals surface area contributed by atoms with Gasteiger partial charge in [0.25, 0.3) is 5.91 Å². The molecule has 6 nitrogen and oxygen atoms in total. The van der Waals surface area contributed by atoms with Gasteiger partial charge in [0.2, 0.25) is 0 Å². The Hall–Kier alpha value is -1.92. The lowest BCUT2D eigenvalue weighted by Gasteiger charge is -2.26. The highest BCUT2D eigenvalue weighted by Gasteiger charge is 2.14. The molecule has 21 heavy (non-hydrogen) atoms. The van der Waals surface area contributed by atoms with Crippen LogP contribution in [0.25, 0.3) is 0 Å². The van der Waals surface area contributed by atoms with Crippen molar-refractivity contribution in [3.63, 3.8) is 0 Å². The van der Waals surface area contributed by atoms with E-state index < -0.39 is 0 Å². The predicted molar refractivity (Wildman–Crippen MR) is 79.7 cm³/mol. The van der Waals surface area contributed by atoms with Crippen molar-refractivity contribution < 1.29 is 14.7 Å². The lowest BCUT2D eigenvalue weighted by molar-refractivity contribution is -0.114. The molecule has 1 aromatic rings. The minimum atomic E-state index is -0.356. The van der Waals surface area contributed by atoms with E-state index in [1.807, 2.05) is 6.07 Å². The smallest absolute Gasteiger partial charge is 0.273 e. The molecule has 0 aliphatic carbocycles. The van der Waals surface area contributed by atoms with E-state index in [0.29, 0.717) is 12.1 Å². The van der Waals surface area contributed by atoms with Gasteiger partial charge in [-0.05, 0) is 13.0 Å². The van der Waals surface area contributed by atoms with Crippen molar-refractivity contribution in [3.05, 3.63) is 35.9 Å². The molecule has 0 radical (unpaired) electrons. The highest BCUT2D eigenvalue weighted by Crippen LogP contribution is 2.01. The molecule has 1 fully saturated rings. The fourth-order valence-corrected chi connectivity index (χ4v) is 2.24. The van der Waals surface area contributed by atoms with Gasteiger partial charge in [0, 0.05) is 25.2 Å². The van der Waals surface area contributed by atoms with Gasteiger partial charge in [0.15, 0.2) is 5.71 Å². The van der Waals surface area contributed by atoms with Gasteiger partial charge < -0.3 is 15.3 Å². The molecule has 1 saturated heterocycles. The molecule has 1 aromatic carbocycles. The fraction of sp³-hybridized carbons (Fsp3) is 0.467. The van der Waals surface area contributed by atoms with Crippen molar-refractivity contribution >= 4 is 11.6 Å². The van der Waals surface area contributed by atoms with E-state index in [1.54, 1.807) is 24.3 Å². The van der Waals surface area contributed by atoms with Gasteiger partial charge in [-0.1, -0.05) is 35.5 Å². The average Bonchev–Trinajstić information content (AvgIpc) is 2.54. The van der Waals surface area contributed by atoms with Crippen molar-refractivity contribution in [3.8, 4) is 0 Å². The number of hydrogen-bond acceptors (Lipinski definition) is 5. The molecule has 0 bridgehead atoms. The topological polar surface area (TPSA) is 74.2 Å². The summed E-state index contributed by atoms with van der Waals surface area (Å²) in [5.41, 5.74) is 0.646. The SMILES string of the molecule is O=C(NCCCN1CCOCC1)/C(=N\O)c1ccccc1. The van der Waals surface area contributed by atoms with Crippen LogP contribution in [0.2, 0.25) is 0 Å². The summed E-state index contributed by atoms with van der Waals surface area (Å²) in [6.45, 7) is 4.94. The fourth-order valence-electron chi connectivity index (χ4n) is 2.24. The van der Waals surface area contributed by atoms with E-state index in [0.717, 1.165) is 39.3 Å². The number of morpholine rings is 1. The maximum atomic E-state index is 12.0. The Balaban J connectivity index is 1.73. The molecule has 114 valence electrons. The minimum absolute atomic E-state index is 0.0435.